The number of rotatable bonds is 2. The van der Waals surface area contributed by atoms with E-state index in [1.54, 1.807) is 30.3 Å². The average molecular weight is 178 g/mol. The van der Waals surface area contributed by atoms with Gasteiger partial charge in [-0.05, 0) is 12.1 Å². The van der Waals surface area contributed by atoms with Crippen molar-refractivity contribution in [3.63, 3.8) is 0 Å². The zero-order valence-corrected chi connectivity index (χ0v) is 5.14. The normalized spacial score (nSPS) is 8.09. The van der Waals surface area contributed by atoms with E-state index in [1.165, 1.54) is 0 Å². The third-order valence-electron chi connectivity index (χ3n) is 1.06. The van der Waals surface area contributed by atoms with Gasteiger partial charge in [0.05, 0.1) is 11.0 Å². The number of nitroso groups, excluding NO2 is 1. The second kappa shape index (κ2) is 5.81. The van der Waals surface area contributed by atoms with Crippen LogP contribution in [0.25, 0.3) is 0 Å². The zero-order valence-electron chi connectivity index (χ0n) is 5.14. The first-order chi connectivity index (χ1) is 4.84. The minimum absolute atomic E-state index is 0. The van der Waals surface area contributed by atoms with Crippen molar-refractivity contribution in [3.8, 4) is 0 Å². The summed E-state index contributed by atoms with van der Waals surface area (Å²) in [5, 5.41) is 11.3. The third-order valence-corrected chi connectivity index (χ3v) is 1.06. The zero-order chi connectivity index (χ0) is 7.40. The van der Waals surface area contributed by atoms with Gasteiger partial charge in [-0.1, -0.05) is 18.2 Å². The topological polar surface area (TPSA) is 52.9 Å². The number of benzene rings is 1. The molecule has 0 aliphatic carbocycles. The van der Waals surface area contributed by atoms with E-state index in [0.29, 0.717) is 5.69 Å². The van der Waals surface area contributed by atoms with Crippen LogP contribution in [0.1, 0.15) is 0 Å². The maximum absolute atomic E-state index is 9.73. The van der Waals surface area contributed by atoms with Crippen molar-refractivity contribution in [3.05, 3.63) is 35.2 Å². The molecule has 0 heterocycles. The summed E-state index contributed by atoms with van der Waals surface area (Å²) in [5.41, 5.74) is 0.359. The Labute approximate surface area is 107 Å². The minimum atomic E-state index is 0. The van der Waals surface area contributed by atoms with Crippen LogP contribution in [0.5, 0.6) is 0 Å². The molecule has 0 radical (unpaired) electrons. The Balaban J connectivity index is 0.000001000. The number of hydrogen-bond donors (Lipinski definition) is 1. The quantitative estimate of drug-likeness (QED) is 0.416. The second-order valence-corrected chi connectivity index (χ2v) is 1.71. The third kappa shape index (κ3) is 3.41. The number of hydrogen-bond acceptors (Lipinski definition) is 3. The first-order valence-corrected chi connectivity index (χ1v) is 2.72. The molecule has 1 rings (SSSR count). The molecule has 0 bridgehead atoms. The summed E-state index contributed by atoms with van der Waals surface area (Å²) in [6, 6.07) is 8.32. The number of anilines is 1. The van der Waals surface area contributed by atoms with E-state index in [4.69, 9.17) is 5.21 Å². The van der Waals surface area contributed by atoms with Crippen molar-refractivity contribution in [2.75, 3.05) is 5.17 Å². The maximum atomic E-state index is 9.73. The molecule has 11 heavy (non-hydrogen) atoms. The van der Waals surface area contributed by atoms with Crippen LogP contribution in [0, 0.1) is 4.91 Å². The molecule has 0 aliphatic heterocycles. The molecule has 0 atom stereocenters. The first kappa shape index (κ1) is 11.2. The van der Waals surface area contributed by atoms with Gasteiger partial charge in [-0.3, -0.25) is 5.21 Å². The van der Waals surface area contributed by atoms with Gasteiger partial charge >= 0.3 is 51.4 Å². The standard InChI is InChI=1S/C6H6N2O2.K.H/c9-7-8(10)6-4-2-1-3-5-6;;/h1-5,10H;;. The fourth-order valence-electron chi connectivity index (χ4n) is 0.608. The van der Waals surface area contributed by atoms with Crippen LogP contribution >= 0.6 is 0 Å². The molecule has 5 heteroatoms. The predicted octanol–water partition coefficient (Wildman–Crippen LogP) is 0.915. The van der Waals surface area contributed by atoms with Crippen molar-refractivity contribution >= 4 is 57.1 Å². The van der Waals surface area contributed by atoms with Crippen molar-refractivity contribution in [2.24, 2.45) is 5.29 Å². The molecule has 54 valence electrons. The number of para-hydroxylation sites is 1. The van der Waals surface area contributed by atoms with Gasteiger partial charge in [0.15, 0.2) is 0 Å². The van der Waals surface area contributed by atoms with E-state index in [0.717, 1.165) is 0 Å². The van der Waals surface area contributed by atoms with Crippen LogP contribution in [0.3, 0.4) is 0 Å². The number of nitrogens with zero attached hydrogens (tertiary/aromatic N) is 2. The van der Waals surface area contributed by atoms with E-state index in [-0.39, 0.29) is 56.6 Å². The van der Waals surface area contributed by atoms with E-state index < -0.39 is 0 Å². The molecule has 0 spiro atoms. The Morgan fingerprint density at radius 1 is 1.27 bits per heavy atom. The Kier molecular flexibility index (Phi) is 5.93. The summed E-state index contributed by atoms with van der Waals surface area (Å²) in [7, 11) is 0. The van der Waals surface area contributed by atoms with Crippen molar-refractivity contribution < 1.29 is 5.21 Å². The van der Waals surface area contributed by atoms with E-state index in [2.05, 4.69) is 5.29 Å². The molecule has 0 fully saturated rings. The van der Waals surface area contributed by atoms with Crippen LogP contribution in [-0.4, -0.2) is 56.6 Å². The van der Waals surface area contributed by atoms with Crippen LogP contribution in [0.2, 0.25) is 0 Å². The van der Waals surface area contributed by atoms with E-state index in [9.17, 15) is 4.91 Å². The predicted molar refractivity (Wildman–Crippen MR) is 43.7 cm³/mol. The Morgan fingerprint density at radius 2 is 1.82 bits per heavy atom. The molecule has 0 aromatic heterocycles. The van der Waals surface area contributed by atoms with Crippen molar-refractivity contribution in [1.29, 1.82) is 0 Å². The van der Waals surface area contributed by atoms with E-state index in [1.807, 2.05) is 0 Å². The summed E-state index contributed by atoms with van der Waals surface area (Å²) in [6.07, 6.45) is 0. The molecule has 1 aromatic carbocycles. The van der Waals surface area contributed by atoms with Crippen molar-refractivity contribution in [2.45, 2.75) is 0 Å². The molecule has 0 saturated heterocycles. The van der Waals surface area contributed by atoms with Crippen LogP contribution in [0.15, 0.2) is 35.6 Å². The summed E-state index contributed by atoms with van der Waals surface area (Å²) in [5.74, 6) is 0. The van der Waals surface area contributed by atoms with Crippen LogP contribution in [-0.2, 0) is 0 Å². The van der Waals surface area contributed by atoms with Crippen LogP contribution in [0.4, 0.5) is 5.69 Å². The van der Waals surface area contributed by atoms with E-state index >= 15 is 0 Å². The molecule has 1 N–H and O–H groups in total. The van der Waals surface area contributed by atoms with Gasteiger partial charge in [0.25, 0.3) is 0 Å². The summed E-state index contributed by atoms with van der Waals surface area (Å²) in [6.45, 7) is 0. The molecule has 0 aliphatic rings. The SMILES string of the molecule is O=NN(O)c1ccccc1.[KH]. The van der Waals surface area contributed by atoms with Gasteiger partial charge in [0.1, 0.15) is 0 Å². The molecule has 0 saturated carbocycles. The Hall–Kier alpha value is 0.216. The van der Waals surface area contributed by atoms with Gasteiger partial charge in [-0.25, -0.2) is 0 Å². The van der Waals surface area contributed by atoms with Crippen LogP contribution < -0.4 is 5.17 Å². The van der Waals surface area contributed by atoms with Gasteiger partial charge in [-0.15, -0.1) is 10.1 Å². The molecule has 0 amide bonds. The monoisotopic (exact) mass is 178 g/mol. The summed E-state index contributed by atoms with van der Waals surface area (Å²) in [4.78, 5) is 9.73. The molecular weight excluding hydrogens is 171 g/mol. The molecule has 4 nitrogen and oxygen atoms in total. The van der Waals surface area contributed by atoms with Gasteiger partial charge < -0.3 is 0 Å². The first-order valence-electron chi connectivity index (χ1n) is 2.72. The van der Waals surface area contributed by atoms with Gasteiger partial charge in [0.2, 0.25) is 0 Å². The Bertz CT molecular complexity index is 217. The second-order valence-electron chi connectivity index (χ2n) is 1.71. The summed E-state index contributed by atoms with van der Waals surface area (Å²) >= 11 is 0. The van der Waals surface area contributed by atoms with Gasteiger partial charge in [0, 0.05) is 0 Å². The molecule has 1 aromatic rings. The molecular formula is C6H7KN2O2. The Morgan fingerprint density at radius 3 is 2.27 bits per heavy atom. The fourth-order valence-corrected chi connectivity index (χ4v) is 0.608. The average Bonchev–Trinajstić information content (AvgIpc) is 2.05. The fraction of sp³-hybridized carbons (Fsp3) is 0. The van der Waals surface area contributed by atoms with Gasteiger partial charge in [-0.2, -0.15) is 0 Å². The summed E-state index contributed by atoms with van der Waals surface area (Å²) < 4.78 is 0. The van der Waals surface area contributed by atoms with Crippen molar-refractivity contribution in [1.82, 2.24) is 0 Å². The molecule has 0 unspecified atom stereocenters.